The summed E-state index contributed by atoms with van der Waals surface area (Å²) >= 11 is 0. The quantitative estimate of drug-likeness (QED) is 0.761. The molecule has 3 aromatic rings. The lowest BCUT2D eigenvalue weighted by atomic mass is 9.99. The molecule has 4 rings (SSSR count). The summed E-state index contributed by atoms with van der Waals surface area (Å²) < 4.78 is 2.18. The lowest BCUT2D eigenvalue weighted by Gasteiger charge is -2.30. The van der Waals surface area contributed by atoms with Crippen LogP contribution in [-0.4, -0.2) is 27.4 Å². The van der Waals surface area contributed by atoms with Gasteiger partial charge in [-0.15, -0.1) is 0 Å². The molecule has 0 saturated carbocycles. The minimum absolute atomic E-state index is 0.762. The molecule has 1 aromatic carbocycles. The summed E-state index contributed by atoms with van der Waals surface area (Å²) in [6.07, 6.45) is 4.62. The van der Waals surface area contributed by atoms with Gasteiger partial charge in [0.25, 0.3) is 0 Å². The van der Waals surface area contributed by atoms with Gasteiger partial charge in [-0.3, -0.25) is 4.90 Å². The third-order valence-electron chi connectivity index (χ3n) is 5.49. The van der Waals surface area contributed by atoms with Crippen LogP contribution in [0.2, 0.25) is 0 Å². The Labute approximate surface area is 155 Å². The molecule has 1 aliphatic rings. The summed E-state index contributed by atoms with van der Waals surface area (Å²) in [7, 11) is 0. The molecule has 2 N–H and O–H groups in total. The number of fused-ring (bicyclic) bond motifs is 1. The van der Waals surface area contributed by atoms with Crippen LogP contribution < -0.4 is 5.73 Å². The summed E-state index contributed by atoms with van der Waals surface area (Å²) in [6.45, 7) is 9.89. The number of aromatic nitrogens is 2. The standard InChI is InChI=1S/C22H28N4/c1-15-6-8-19(17(3)11-15)22-20(14-25-10-4-5-16(2)12-25)26-13-18(23)7-9-21(26)24-22/h6-9,11,13,16H,4-5,10,12,14,23H2,1-3H3. The monoisotopic (exact) mass is 348 g/mol. The van der Waals surface area contributed by atoms with Crippen molar-refractivity contribution >= 4 is 11.3 Å². The number of rotatable bonds is 3. The Morgan fingerprint density at radius 2 is 2.04 bits per heavy atom. The van der Waals surface area contributed by atoms with E-state index < -0.39 is 0 Å². The number of imidazole rings is 1. The van der Waals surface area contributed by atoms with E-state index in [-0.39, 0.29) is 0 Å². The third kappa shape index (κ3) is 3.21. The summed E-state index contributed by atoms with van der Waals surface area (Å²) in [6, 6.07) is 10.6. The molecule has 0 aliphatic carbocycles. The summed E-state index contributed by atoms with van der Waals surface area (Å²) in [5.74, 6) is 0.762. The number of anilines is 1. The number of aryl methyl sites for hydroxylation is 2. The minimum Gasteiger partial charge on any atom is -0.398 e. The van der Waals surface area contributed by atoms with E-state index in [2.05, 4.69) is 48.3 Å². The van der Waals surface area contributed by atoms with Crippen molar-refractivity contribution in [3.8, 4) is 11.3 Å². The molecule has 136 valence electrons. The van der Waals surface area contributed by atoms with Crippen LogP contribution >= 0.6 is 0 Å². The van der Waals surface area contributed by atoms with Crippen molar-refractivity contribution in [3.63, 3.8) is 0 Å². The second-order valence-corrected chi connectivity index (χ2v) is 7.90. The maximum absolute atomic E-state index is 6.08. The molecule has 1 unspecified atom stereocenters. The summed E-state index contributed by atoms with van der Waals surface area (Å²) in [4.78, 5) is 7.54. The van der Waals surface area contributed by atoms with Gasteiger partial charge in [0, 0.05) is 30.5 Å². The highest BCUT2D eigenvalue weighted by atomic mass is 15.2. The first-order valence-electron chi connectivity index (χ1n) is 9.57. The van der Waals surface area contributed by atoms with E-state index in [0.29, 0.717) is 0 Å². The fraction of sp³-hybridized carbons (Fsp3) is 0.409. The Morgan fingerprint density at radius 1 is 1.19 bits per heavy atom. The van der Waals surface area contributed by atoms with Crippen LogP contribution in [-0.2, 0) is 6.54 Å². The minimum atomic E-state index is 0.762. The van der Waals surface area contributed by atoms with Crippen LogP contribution in [0.4, 0.5) is 5.69 Å². The molecule has 1 fully saturated rings. The molecule has 1 saturated heterocycles. The highest BCUT2D eigenvalue weighted by Gasteiger charge is 2.22. The zero-order valence-corrected chi connectivity index (χ0v) is 16.0. The summed E-state index contributed by atoms with van der Waals surface area (Å²) in [5, 5.41) is 0. The number of benzene rings is 1. The smallest absolute Gasteiger partial charge is 0.137 e. The molecule has 0 radical (unpaired) electrons. The van der Waals surface area contributed by atoms with E-state index in [0.717, 1.165) is 42.6 Å². The average molecular weight is 348 g/mol. The third-order valence-corrected chi connectivity index (χ3v) is 5.49. The van der Waals surface area contributed by atoms with Crippen molar-refractivity contribution in [2.45, 2.75) is 40.2 Å². The van der Waals surface area contributed by atoms with Gasteiger partial charge in [0.05, 0.1) is 11.4 Å². The Kier molecular flexibility index (Phi) is 4.45. The van der Waals surface area contributed by atoms with E-state index in [4.69, 9.17) is 10.7 Å². The maximum Gasteiger partial charge on any atom is 0.137 e. The van der Waals surface area contributed by atoms with Crippen LogP contribution in [0.25, 0.3) is 16.9 Å². The van der Waals surface area contributed by atoms with Crippen LogP contribution in [0.15, 0.2) is 36.5 Å². The van der Waals surface area contributed by atoms with Crippen molar-refractivity contribution in [2.24, 2.45) is 5.92 Å². The van der Waals surface area contributed by atoms with Gasteiger partial charge in [-0.1, -0.05) is 30.7 Å². The number of nitrogen functional groups attached to an aromatic ring is 1. The SMILES string of the molecule is Cc1ccc(-c2nc3ccc(N)cn3c2CN2CCCC(C)C2)c(C)c1. The zero-order chi connectivity index (χ0) is 18.3. The molecule has 2 aromatic heterocycles. The van der Waals surface area contributed by atoms with E-state index in [9.17, 15) is 0 Å². The van der Waals surface area contributed by atoms with E-state index in [1.165, 1.54) is 35.2 Å². The van der Waals surface area contributed by atoms with E-state index >= 15 is 0 Å². The number of piperidine rings is 1. The van der Waals surface area contributed by atoms with Crippen molar-refractivity contribution in [3.05, 3.63) is 53.3 Å². The van der Waals surface area contributed by atoms with Crippen LogP contribution in [0, 0.1) is 19.8 Å². The van der Waals surface area contributed by atoms with Crippen LogP contribution in [0.3, 0.4) is 0 Å². The van der Waals surface area contributed by atoms with Crippen molar-refractivity contribution in [2.75, 3.05) is 18.8 Å². The molecule has 26 heavy (non-hydrogen) atoms. The van der Waals surface area contributed by atoms with Crippen molar-refractivity contribution in [1.29, 1.82) is 0 Å². The van der Waals surface area contributed by atoms with Gasteiger partial charge in [0.2, 0.25) is 0 Å². The molecular formula is C22H28N4. The highest BCUT2D eigenvalue weighted by molar-refractivity contribution is 5.70. The van der Waals surface area contributed by atoms with Gasteiger partial charge < -0.3 is 10.1 Å². The molecule has 1 atom stereocenters. The topological polar surface area (TPSA) is 46.6 Å². The van der Waals surface area contributed by atoms with Gasteiger partial charge in [-0.25, -0.2) is 4.98 Å². The van der Waals surface area contributed by atoms with Gasteiger partial charge in [0.15, 0.2) is 0 Å². The zero-order valence-electron chi connectivity index (χ0n) is 16.0. The molecular weight excluding hydrogens is 320 g/mol. The number of nitrogens with two attached hydrogens (primary N) is 1. The molecule has 1 aliphatic heterocycles. The lowest BCUT2D eigenvalue weighted by Crippen LogP contribution is -2.34. The first-order valence-corrected chi connectivity index (χ1v) is 9.57. The molecule has 3 heterocycles. The Hall–Kier alpha value is -2.33. The van der Waals surface area contributed by atoms with Gasteiger partial charge in [-0.05, 0) is 56.8 Å². The fourth-order valence-corrected chi connectivity index (χ4v) is 4.20. The second kappa shape index (κ2) is 6.76. The Bertz CT molecular complexity index is 941. The molecule has 4 heteroatoms. The number of hydrogen-bond donors (Lipinski definition) is 1. The number of pyridine rings is 1. The van der Waals surface area contributed by atoms with Gasteiger partial charge >= 0.3 is 0 Å². The van der Waals surface area contributed by atoms with Gasteiger partial charge in [-0.2, -0.15) is 0 Å². The van der Waals surface area contributed by atoms with Crippen LogP contribution in [0.5, 0.6) is 0 Å². The molecule has 4 nitrogen and oxygen atoms in total. The predicted molar refractivity (Wildman–Crippen MR) is 108 cm³/mol. The molecule has 0 amide bonds. The second-order valence-electron chi connectivity index (χ2n) is 7.90. The number of nitrogens with zero attached hydrogens (tertiary/aromatic N) is 3. The van der Waals surface area contributed by atoms with Gasteiger partial charge in [0.1, 0.15) is 5.65 Å². The molecule has 0 spiro atoms. The summed E-state index contributed by atoms with van der Waals surface area (Å²) in [5.41, 5.74) is 13.9. The first kappa shape index (κ1) is 17.1. The first-order chi connectivity index (χ1) is 12.5. The maximum atomic E-state index is 6.08. The average Bonchev–Trinajstić information content (AvgIpc) is 2.93. The molecule has 0 bridgehead atoms. The largest absolute Gasteiger partial charge is 0.398 e. The number of hydrogen-bond acceptors (Lipinski definition) is 3. The lowest BCUT2D eigenvalue weighted by molar-refractivity contribution is 0.174. The number of likely N-dealkylation sites (tertiary alicyclic amines) is 1. The Balaban J connectivity index is 1.83. The van der Waals surface area contributed by atoms with E-state index in [1.54, 1.807) is 0 Å². The van der Waals surface area contributed by atoms with E-state index in [1.807, 2.05) is 18.3 Å². The van der Waals surface area contributed by atoms with Crippen LogP contribution in [0.1, 0.15) is 36.6 Å². The highest BCUT2D eigenvalue weighted by Crippen LogP contribution is 2.30. The predicted octanol–water partition coefficient (Wildman–Crippen LogP) is 4.43. The van der Waals surface area contributed by atoms with Crippen molar-refractivity contribution < 1.29 is 0 Å². The fourth-order valence-electron chi connectivity index (χ4n) is 4.20. The normalized spacial score (nSPS) is 18.5. The Morgan fingerprint density at radius 3 is 2.81 bits per heavy atom. The van der Waals surface area contributed by atoms with Crippen molar-refractivity contribution in [1.82, 2.24) is 14.3 Å².